The third kappa shape index (κ3) is 31.2. The molecule has 15 rings (SSSR count). The van der Waals surface area contributed by atoms with Gasteiger partial charge in [-0.1, -0.05) is 68.3 Å². The largest absolute Gasteiger partial charge is 0.466 e. The number of Topliss-reactive ketones (excluding diaryl/α,β-unsaturated/α-hetero) is 1. The number of ether oxygens (including phenoxy) is 1. The fourth-order valence-corrected chi connectivity index (χ4v) is 11.1. The van der Waals surface area contributed by atoms with Gasteiger partial charge in [0.1, 0.15) is 46.5 Å². The number of nitrogen functional groups attached to an aromatic ring is 5. The van der Waals surface area contributed by atoms with Gasteiger partial charge < -0.3 is 43.7 Å². The van der Waals surface area contributed by atoms with E-state index in [2.05, 4.69) is 97.4 Å². The van der Waals surface area contributed by atoms with Crippen molar-refractivity contribution in [2.24, 2.45) is 0 Å². The van der Waals surface area contributed by atoms with E-state index in [1.807, 2.05) is 19.9 Å². The molecule has 2 aliphatic rings. The lowest BCUT2D eigenvalue weighted by molar-refractivity contribution is -0.145. The molecule has 0 atom stereocenters. The Balaban J connectivity index is 0.000000233. The zero-order chi connectivity index (χ0) is 85.3. The van der Waals surface area contributed by atoms with Crippen LogP contribution in [0.5, 0.6) is 0 Å². The monoisotopic (exact) mass is 1680 g/mol. The first-order valence-electron chi connectivity index (χ1n) is 34.1. The second-order valence-electron chi connectivity index (χ2n) is 24.9. The van der Waals surface area contributed by atoms with Crippen LogP contribution in [0.2, 0.25) is 5.15 Å². The molecule has 13 aromatic rings. The molecule has 0 saturated carbocycles. The van der Waals surface area contributed by atoms with Gasteiger partial charge in [0.15, 0.2) is 5.95 Å². The second-order valence-corrected chi connectivity index (χ2v) is 27.7. The van der Waals surface area contributed by atoms with Crippen LogP contribution < -0.4 is 39.5 Å². The SMILES string of the molecule is C.CCOC(=O)CC(C)=O.Cc1cc(=O)n2[nH]cnc2n1.Cc1cc(Cl)n2ncnc2n1.Cc1cc(Nc2ccc(C(F)(F)F)cc2)n2ccnc2n1.Cc1ccc2c(c1)CCCC2.Nc1ccc(C(F)(F)F)c(F)c1.Nc1ccc(C(F)(F)F)cc1.Nc1ccc(S(F)(F)(F)(F)F)cc1.Nc1ccc2c(c1)CCC2.Nc1ncc[nH]1. The number of rotatable bonds is 6. The van der Waals surface area contributed by atoms with Crippen molar-refractivity contribution in [3.05, 3.63) is 266 Å². The molecule has 6 aromatic carbocycles. The Hall–Kier alpha value is -12.4. The summed E-state index contributed by atoms with van der Waals surface area (Å²) in [5.74, 6) is 0.695. The van der Waals surface area contributed by atoms with Crippen LogP contribution in [0.4, 0.5) is 104 Å². The molecule has 0 amide bonds. The fraction of sp³-hybridized carbons (Fsp3) is 0.250. The maximum Gasteiger partial charge on any atom is 0.419 e. The van der Waals surface area contributed by atoms with Crippen LogP contribution in [-0.2, 0) is 58.5 Å². The minimum atomic E-state index is -9.51. The number of anilines is 7. The van der Waals surface area contributed by atoms with E-state index in [9.17, 15) is 77.7 Å². The normalized spacial score (nSPS) is 12.4. The fourth-order valence-electron chi connectivity index (χ4n) is 10.1. The molecular formula is C76H83ClF15N19O4S. The third-order valence-electron chi connectivity index (χ3n) is 15.4. The number of ketones is 1. The molecule has 7 heterocycles. The lowest BCUT2D eigenvalue weighted by atomic mass is 9.91. The highest BCUT2D eigenvalue weighted by Crippen LogP contribution is 3.02. The summed E-state index contributed by atoms with van der Waals surface area (Å²) in [6.45, 7) is 11.0. The van der Waals surface area contributed by atoms with Crippen LogP contribution in [0.15, 0.2) is 193 Å². The highest BCUT2D eigenvalue weighted by Gasteiger charge is 2.65. The van der Waals surface area contributed by atoms with Crippen LogP contribution >= 0.6 is 21.8 Å². The van der Waals surface area contributed by atoms with Crippen LogP contribution in [0.1, 0.15) is 109 Å². The number of nitrogens with zero attached hydrogens (tertiary/aromatic N) is 11. The van der Waals surface area contributed by atoms with Gasteiger partial charge in [-0.05, 0) is 218 Å². The first-order chi connectivity index (χ1) is 53.6. The van der Waals surface area contributed by atoms with Gasteiger partial charge in [-0.25, -0.2) is 34.3 Å². The Bertz CT molecular complexity index is 5380. The van der Waals surface area contributed by atoms with Gasteiger partial charge in [0.25, 0.3) is 17.1 Å². The summed E-state index contributed by atoms with van der Waals surface area (Å²) in [6.07, 6.45) is 5.27. The zero-order valence-corrected chi connectivity index (χ0v) is 63.7. The van der Waals surface area contributed by atoms with Crippen molar-refractivity contribution in [2.75, 3.05) is 40.6 Å². The first-order valence-corrected chi connectivity index (χ1v) is 36.5. The Kier molecular flexibility index (Phi) is 32.9. The number of esters is 1. The van der Waals surface area contributed by atoms with Crippen LogP contribution in [0, 0.1) is 33.5 Å². The van der Waals surface area contributed by atoms with Crippen LogP contribution in [-0.4, -0.2) is 81.9 Å². The first kappa shape index (κ1) is 94.2. The highest BCUT2D eigenvalue weighted by atomic mass is 35.5. The number of nitrogens with one attached hydrogen (secondary N) is 3. The summed E-state index contributed by atoms with van der Waals surface area (Å²) in [7, 11) is -9.51. The van der Waals surface area contributed by atoms with Crippen LogP contribution in [0.3, 0.4) is 0 Å². The highest BCUT2D eigenvalue weighted by molar-refractivity contribution is 8.45. The molecular weight excluding hydrogens is 1600 g/mol. The van der Waals surface area contributed by atoms with E-state index >= 15 is 0 Å². The Morgan fingerprint density at radius 2 is 1.09 bits per heavy atom. The predicted octanol–water partition coefficient (Wildman–Crippen LogP) is 19.0. The summed E-state index contributed by atoms with van der Waals surface area (Å²) in [4.78, 5) is 60.3. The molecule has 0 aliphatic heterocycles. The van der Waals surface area contributed by atoms with Gasteiger partial charge in [0.2, 0.25) is 5.78 Å². The van der Waals surface area contributed by atoms with Gasteiger partial charge in [-0.3, -0.25) is 23.9 Å². The number of benzene rings is 6. The van der Waals surface area contributed by atoms with Crippen LogP contribution in [0.25, 0.3) is 17.3 Å². The summed E-state index contributed by atoms with van der Waals surface area (Å²) in [6, 6.07) is 31.7. The zero-order valence-electron chi connectivity index (χ0n) is 62.1. The van der Waals surface area contributed by atoms with Crippen molar-refractivity contribution < 1.29 is 77.7 Å². The molecule has 0 fully saturated rings. The lowest BCUT2D eigenvalue weighted by Crippen LogP contribution is -2.14. The lowest BCUT2D eigenvalue weighted by Gasteiger charge is -2.40. The van der Waals surface area contributed by atoms with E-state index in [4.69, 9.17) is 40.3 Å². The quantitative estimate of drug-likeness (QED) is 0.0252. The predicted molar refractivity (Wildman–Crippen MR) is 418 cm³/mol. The number of aromatic nitrogens is 13. The smallest absolute Gasteiger partial charge is 0.419 e. The average Bonchev–Trinajstić information content (AvgIpc) is 0.761. The topological polar surface area (TPSA) is 350 Å². The molecule has 0 unspecified atom stereocenters. The Labute approximate surface area is 659 Å². The van der Waals surface area contributed by atoms with Crippen molar-refractivity contribution in [3.8, 4) is 0 Å². The number of carbonyl (C=O) groups is 2. The Morgan fingerprint density at radius 3 is 1.65 bits per heavy atom. The van der Waals surface area contributed by atoms with Gasteiger partial charge in [-0.15, -0.1) is 0 Å². The minimum absolute atomic E-state index is 0. The third-order valence-corrected chi connectivity index (χ3v) is 16.9. The van der Waals surface area contributed by atoms with E-state index in [0.29, 0.717) is 70.1 Å². The molecule has 23 nitrogen and oxygen atoms in total. The van der Waals surface area contributed by atoms with Crippen molar-refractivity contribution in [3.63, 3.8) is 0 Å². The number of fused-ring (bicyclic) bond motifs is 5. The van der Waals surface area contributed by atoms with E-state index < -0.39 is 62.1 Å². The molecule has 116 heavy (non-hydrogen) atoms. The number of imidazole rings is 2. The molecule has 624 valence electrons. The number of carbonyl (C=O) groups excluding carboxylic acids is 2. The number of halogens is 16. The van der Waals surface area contributed by atoms with E-state index in [0.717, 1.165) is 59.5 Å². The van der Waals surface area contributed by atoms with E-state index in [-0.39, 0.29) is 48.7 Å². The van der Waals surface area contributed by atoms with Gasteiger partial charge in [0, 0.05) is 82.4 Å². The van der Waals surface area contributed by atoms with Crippen molar-refractivity contribution in [1.29, 1.82) is 0 Å². The Morgan fingerprint density at radius 1 is 0.578 bits per heavy atom. The van der Waals surface area contributed by atoms with Gasteiger partial charge in [0.05, 0.1) is 23.3 Å². The van der Waals surface area contributed by atoms with Crippen molar-refractivity contribution in [1.82, 2.24) is 63.5 Å². The molecule has 0 radical (unpaired) electrons. The van der Waals surface area contributed by atoms with Gasteiger partial charge in [-0.2, -0.15) is 58.6 Å². The molecule has 0 bridgehead atoms. The molecule has 0 saturated heterocycles. The van der Waals surface area contributed by atoms with Crippen molar-refractivity contribution >= 4 is 91.1 Å². The molecule has 40 heteroatoms. The number of nitrogens with two attached hydrogens (primary N) is 5. The summed E-state index contributed by atoms with van der Waals surface area (Å²) in [5.41, 5.74) is 34.9. The number of aromatic amines is 2. The van der Waals surface area contributed by atoms with E-state index in [1.54, 1.807) is 66.3 Å². The number of H-pyrrole nitrogens is 2. The number of hydrogen-bond donors (Lipinski definition) is 8. The second kappa shape index (κ2) is 40.5. The van der Waals surface area contributed by atoms with Gasteiger partial charge >= 0.3 is 34.7 Å². The molecule has 7 aromatic heterocycles. The number of hydrogen-bond acceptors (Lipinski definition) is 18. The summed E-state index contributed by atoms with van der Waals surface area (Å²) >= 11 is 5.82. The minimum Gasteiger partial charge on any atom is -0.466 e. The summed E-state index contributed by atoms with van der Waals surface area (Å²) in [5, 5.41) is 10.1. The average molecular weight is 1680 g/mol. The number of alkyl halides is 9. The van der Waals surface area contributed by atoms with E-state index in [1.165, 1.54) is 121 Å². The molecule has 0 spiro atoms. The standard InChI is InChI=1S/C14H11F3N4.C11H14.C9H11N.C7H5F4N.C7H6F3N.C6H5ClN4.C6H6F5NS.C6H6N4O.C6H10O3.C3H5N3.CH4/c1-9-8-12(21-7-6-18-13(21)19-9)20-11-4-2-10(3-5-11)14(15,16)17;1-9-6-7-10-4-2-3-5-11(10)8-9;10-9-5-4-7-2-1-3-8(7)6-9;8-6-3-4(12)1-2-5(6)7(9,10)11;8-7(9,10)5-1-3-6(11)4-2-5;1-4-2-5(7)11-6(10-4)8-3-9-11;7-13(8,9,10,11)6-3-1-5(12)2-4-6;1-4-2-5(11)10-6(9-4)7-3-8-10;1-3-9-6(8)4-5(2)7;4-3-5-1-2-6-3;/h2-8,20H,1H3;6-8H,2-5H2,1H3;4-6H,1-3,10H2;1-3H,12H2;1-4H,11H2;2-3H,1H3;1-4H,12H2;2-3H,1H3,(H,7,8,9);3-4H2,1-2H3;1-2H,(H3,4,5,6);1H4. The van der Waals surface area contributed by atoms with Crippen molar-refractivity contribution in [2.45, 2.75) is 124 Å². The molecule has 2 aliphatic carbocycles. The molecule has 13 N–H and O–H groups in total. The number of aryl methyl sites for hydroxylation is 8. The maximum atomic E-state index is 12.5. The maximum absolute atomic E-state index is 12.5. The summed E-state index contributed by atoms with van der Waals surface area (Å²) < 4.78 is 191.